The second-order valence-corrected chi connectivity index (χ2v) is 5.16. The first-order valence-corrected chi connectivity index (χ1v) is 7.33. The van der Waals surface area contributed by atoms with Gasteiger partial charge >= 0.3 is 0 Å². The van der Waals surface area contributed by atoms with Gasteiger partial charge < -0.3 is 10.6 Å². The molecule has 5 nitrogen and oxygen atoms in total. The number of benzene rings is 2. The second kappa shape index (κ2) is 8.44. The summed E-state index contributed by atoms with van der Waals surface area (Å²) in [5, 5.41) is 13.8. The average Bonchev–Trinajstić information content (AvgIpc) is 2.56. The van der Waals surface area contributed by atoms with E-state index < -0.39 is 0 Å². The number of hydrogen-bond acceptors (Lipinski definition) is 3. The molecule has 0 radical (unpaired) electrons. The highest BCUT2D eigenvalue weighted by Crippen LogP contribution is 2.10. The molecule has 0 aliphatic heterocycles. The Morgan fingerprint density at radius 3 is 2.21 bits per heavy atom. The first-order chi connectivity index (χ1) is 11.6. The Morgan fingerprint density at radius 2 is 1.58 bits per heavy atom. The lowest BCUT2D eigenvalue weighted by molar-refractivity contribution is -0.120. The predicted molar refractivity (Wildman–Crippen MR) is 87.3 cm³/mol. The van der Waals surface area contributed by atoms with Gasteiger partial charge in [0.2, 0.25) is 11.8 Å². The highest BCUT2D eigenvalue weighted by molar-refractivity contribution is 5.92. The lowest BCUT2D eigenvalue weighted by Gasteiger charge is -2.07. The summed E-state index contributed by atoms with van der Waals surface area (Å²) in [5.74, 6) is -0.855. The minimum absolute atomic E-state index is 0.159. The monoisotopic (exact) mass is 325 g/mol. The van der Waals surface area contributed by atoms with E-state index in [9.17, 15) is 14.0 Å². The van der Waals surface area contributed by atoms with Crippen molar-refractivity contribution in [1.29, 1.82) is 5.26 Å². The lowest BCUT2D eigenvalue weighted by Crippen LogP contribution is -2.24. The lowest BCUT2D eigenvalue weighted by atomic mass is 10.1. The molecular weight excluding hydrogens is 309 g/mol. The number of nitrogens with one attached hydrogen (secondary N) is 2. The topological polar surface area (TPSA) is 82.0 Å². The van der Waals surface area contributed by atoms with Crippen LogP contribution in [0.2, 0.25) is 0 Å². The number of hydrogen-bond donors (Lipinski definition) is 2. The van der Waals surface area contributed by atoms with Crippen LogP contribution in [0.25, 0.3) is 0 Å². The minimum Gasteiger partial charge on any atom is -0.352 e. The van der Waals surface area contributed by atoms with Crippen LogP contribution in [-0.4, -0.2) is 11.8 Å². The summed E-state index contributed by atoms with van der Waals surface area (Å²) in [5.41, 5.74) is 2.21. The summed E-state index contributed by atoms with van der Waals surface area (Å²) in [7, 11) is 0. The first-order valence-electron chi connectivity index (χ1n) is 7.33. The minimum atomic E-state index is -0.363. The van der Waals surface area contributed by atoms with Gasteiger partial charge in [-0.25, -0.2) is 4.39 Å². The van der Waals surface area contributed by atoms with Gasteiger partial charge in [0.1, 0.15) is 12.2 Å². The maximum atomic E-state index is 12.8. The van der Waals surface area contributed by atoms with Crippen molar-refractivity contribution < 1.29 is 14.0 Å². The highest BCUT2D eigenvalue weighted by Gasteiger charge is 2.05. The van der Waals surface area contributed by atoms with Crippen molar-refractivity contribution in [2.24, 2.45) is 0 Å². The Kier molecular flexibility index (Phi) is 6.03. The molecule has 0 bridgehead atoms. The molecule has 0 spiro atoms. The quantitative estimate of drug-likeness (QED) is 0.856. The summed E-state index contributed by atoms with van der Waals surface area (Å²) >= 11 is 0. The maximum absolute atomic E-state index is 12.8. The summed E-state index contributed by atoms with van der Waals surface area (Å²) in [4.78, 5) is 23.2. The molecule has 0 heterocycles. The van der Waals surface area contributed by atoms with Crippen LogP contribution in [-0.2, 0) is 22.6 Å². The van der Waals surface area contributed by atoms with Gasteiger partial charge in [0.25, 0.3) is 0 Å². The van der Waals surface area contributed by atoms with Crippen LogP contribution in [0.5, 0.6) is 0 Å². The van der Waals surface area contributed by atoms with Crippen molar-refractivity contribution in [1.82, 2.24) is 5.32 Å². The molecule has 24 heavy (non-hydrogen) atoms. The molecule has 0 aliphatic carbocycles. The fourth-order valence-corrected chi connectivity index (χ4v) is 2.03. The smallest absolute Gasteiger partial charge is 0.238 e. The number of rotatable bonds is 6. The van der Waals surface area contributed by atoms with Crippen molar-refractivity contribution in [3.8, 4) is 6.07 Å². The van der Waals surface area contributed by atoms with Gasteiger partial charge in [-0.2, -0.15) is 5.26 Å². The van der Waals surface area contributed by atoms with Gasteiger partial charge in [-0.15, -0.1) is 0 Å². The zero-order valence-electron chi connectivity index (χ0n) is 12.9. The summed E-state index contributed by atoms with van der Waals surface area (Å²) < 4.78 is 12.8. The summed E-state index contributed by atoms with van der Waals surface area (Å²) in [6.07, 6.45) is -0.0101. The van der Waals surface area contributed by atoms with Crippen molar-refractivity contribution in [3.05, 3.63) is 65.5 Å². The molecule has 0 atom stereocenters. The third kappa shape index (κ3) is 5.54. The van der Waals surface area contributed by atoms with Crippen molar-refractivity contribution in [2.45, 2.75) is 19.4 Å². The number of amides is 2. The molecule has 0 aromatic heterocycles. The van der Waals surface area contributed by atoms with E-state index in [1.165, 1.54) is 12.1 Å². The van der Waals surface area contributed by atoms with E-state index in [4.69, 9.17) is 5.26 Å². The van der Waals surface area contributed by atoms with E-state index in [1.807, 2.05) is 0 Å². The molecule has 122 valence electrons. The highest BCUT2D eigenvalue weighted by atomic mass is 19.1. The van der Waals surface area contributed by atoms with Crippen LogP contribution >= 0.6 is 0 Å². The van der Waals surface area contributed by atoms with Gasteiger partial charge in [0.05, 0.1) is 12.5 Å². The Morgan fingerprint density at radius 1 is 0.958 bits per heavy atom. The van der Waals surface area contributed by atoms with E-state index in [1.54, 1.807) is 42.5 Å². The molecule has 0 unspecified atom stereocenters. The van der Waals surface area contributed by atoms with Gasteiger partial charge in [-0.3, -0.25) is 9.59 Å². The van der Waals surface area contributed by atoms with Gasteiger partial charge in [-0.1, -0.05) is 24.3 Å². The normalized spacial score (nSPS) is 9.83. The molecule has 0 aliphatic rings. The Bertz CT molecular complexity index is 749. The Labute approximate surface area is 139 Å². The SMILES string of the molecule is N#CCC(=O)Nc1ccc(CNC(=O)Cc2ccc(F)cc2)cc1. The second-order valence-electron chi connectivity index (χ2n) is 5.16. The molecule has 0 fully saturated rings. The standard InChI is InChI=1S/C18H16FN3O2/c19-15-5-1-13(2-6-15)11-18(24)21-12-14-3-7-16(8-4-14)22-17(23)9-10-20/h1-8H,9,11-12H2,(H,21,24)(H,22,23). The molecule has 2 aromatic rings. The predicted octanol–water partition coefficient (Wildman–Crippen LogP) is 2.54. The first kappa shape index (κ1) is 17.2. The number of nitrogens with zero attached hydrogens (tertiary/aromatic N) is 1. The van der Waals surface area contributed by atoms with Crippen LogP contribution < -0.4 is 10.6 Å². The van der Waals surface area contributed by atoms with Crippen LogP contribution in [0.3, 0.4) is 0 Å². The number of carbonyl (C=O) groups excluding carboxylic acids is 2. The molecule has 2 aromatic carbocycles. The summed E-state index contributed by atoms with van der Waals surface area (Å²) in [6.45, 7) is 0.354. The van der Waals surface area contributed by atoms with Crippen LogP contribution in [0.15, 0.2) is 48.5 Å². The van der Waals surface area contributed by atoms with Gasteiger partial charge in [-0.05, 0) is 35.4 Å². The van der Waals surface area contributed by atoms with E-state index in [-0.39, 0.29) is 30.5 Å². The molecule has 0 saturated carbocycles. The molecule has 2 N–H and O–H groups in total. The number of nitriles is 1. The van der Waals surface area contributed by atoms with E-state index in [0.717, 1.165) is 11.1 Å². The van der Waals surface area contributed by atoms with Gasteiger partial charge in [0, 0.05) is 12.2 Å². The third-order valence-corrected chi connectivity index (χ3v) is 3.24. The zero-order chi connectivity index (χ0) is 17.4. The molecular formula is C18H16FN3O2. The molecule has 2 rings (SSSR count). The number of carbonyl (C=O) groups is 2. The Hall–Kier alpha value is -3.20. The fraction of sp³-hybridized carbons (Fsp3) is 0.167. The molecule has 2 amide bonds. The van der Waals surface area contributed by atoms with Crippen LogP contribution in [0.1, 0.15) is 17.5 Å². The van der Waals surface area contributed by atoms with E-state index in [0.29, 0.717) is 12.2 Å². The third-order valence-electron chi connectivity index (χ3n) is 3.24. The molecule has 6 heteroatoms. The zero-order valence-corrected chi connectivity index (χ0v) is 12.9. The summed E-state index contributed by atoms with van der Waals surface area (Å²) in [6, 6.07) is 14.5. The van der Waals surface area contributed by atoms with Gasteiger partial charge in [0.15, 0.2) is 0 Å². The maximum Gasteiger partial charge on any atom is 0.238 e. The van der Waals surface area contributed by atoms with E-state index in [2.05, 4.69) is 10.6 Å². The van der Waals surface area contributed by atoms with E-state index >= 15 is 0 Å². The average molecular weight is 325 g/mol. The van der Waals surface area contributed by atoms with Crippen molar-refractivity contribution >= 4 is 17.5 Å². The largest absolute Gasteiger partial charge is 0.352 e. The van der Waals surface area contributed by atoms with Crippen molar-refractivity contribution in [2.75, 3.05) is 5.32 Å². The van der Waals surface area contributed by atoms with Crippen molar-refractivity contribution in [3.63, 3.8) is 0 Å². The number of halogens is 1. The van der Waals surface area contributed by atoms with Crippen LogP contribution in [0.4, 0.5) is 10.1 Å². The fourth-order valence-electron chi connectivity index (χ4n) is 2.03. The Balaban J connectivity index is 1.81. The molecule has 0 saturated heterocycles. The number of anilines is 1. The van der Waals surface area contributed by atoms with Crippen LogP contribution in [0, 0.1) is 17.1 Å².